The van der Waals surface area contributed by atoms with Crippen molar-refractivity contribution in [3.05, 3.63) is 102 Å². The van der Waals surface area contributed by atoms with E-state index in [4.69, 9.17) is 4.74 Å². The number of aryl methyl sites for hydroxylation is 1. The van der Waals surface area contributed by atoms with Crippen molar-refractivity contribution in [3.8, 4) is 5.75 Å². The van der Waals surface area contributed by atoms with Crippen LogP contribution in [0.25, 0.3) is 0 Å². The van der Waals surface area contributed by atoms with Gasteiger partial charge < -0.3 is 10.1 Å². The number of benzene rings is 3. The normalized spacial score (nSPS) is 10.4. The van der Waals surface area contributed by atoms with Crippen LogP contribution in [-0.4, -0.2) is 12.5 Å². The number of rotatable bonds is 9. The van der Waals surface area contributed by atoms with Crippen molar-refractivity contribution >= 4 is 5.91 Å². The highest BCUT2D eigenvalue weighted by atomic mass is 16.5. The zero-order chi connectivity index (χ0) is 18.7. The van der Waals surface area contributed by atoms with Crippen LogP contribution in [0, 0.1) is 0 Å². The molecule has 138 valence electrons. The summed E-state index contributed by atoms with van der Waals surface area (Å²) in [7, 11) is 0. The Hall–Kier alpha value is -3.07. The summed E-state index contributed by atoms with van der Waals surface area (Å²) in [6, 6.07) is 28.3. The molecular weight excluding hydrogens is 334 g/mol. The van der Waals surface area contributed by atoms with Gasteiger partial charge in [-0.15, -0.1) is 0 Å². The van der Waals surface area contributed by atoms with Gasteiger partial charge in [0, 0.05) is 13.0 Å². The van der Waals surface area contributed by atoms with E-state index in [2.05, 4.69) is 41.7 Å². The Morgan fingerprint density at radius 1 is 0.704 bits per heavy atom. The van der Waals surface area contributed by atoms with Gasteiger partial charge in [0.1, 0.15) is 12.4 Å². The minimum absolute atomic E-state index is 0.0988. The SMILES string of the molecule is O=C(CCc1ccccc1)NCCc1ccc(OCc2ccccc2)cc1. The molecule has 0 aromatic heterocycles. The molecule has 27 heavy (non-hydrogen) atoms. The van der Waals surface area contributed by atoms with E-state index in [1.165, 1.54) is 11.1 Å². The van der Waals surface area contributed by atoms with E-state index in [-0.39, 0.29) is 5.91 Å². The third-order valence-corrected chi connectivity index (χ3v) is 4.39. The smallest absolute Gasteiger partial charge is 0.220 e. The molecule has 0 heterocycles. The van der Waals surface area contributed by atoms with Crippen molar-refractivity contribution in [2.75, 3.05) is 6.54 Å². The molecule has 0 aliphatic heterocycles. The molecule has 0 spiro atoms. The Balaban J connectivity index is 1.35. The summed E-state index contributed by atoms with van der Waals surface area (Å²) in [5, 5.41) is 2.99. The van der Waals surface area contributed by atoms with E-state index in [9.17, 15) is 4.79 Å². The molecule has 3 nitrogen and oxygen atoms in total. The van der Waals surface area contributed by atoms with Gasteiger partial charge in [-0.25, -0.2) is 0 Å². The molecule has 0 radical (unpaired) electrons. The quantitative estimate of drug-likeness (QED) is 0.608. The molecule has 0 fully saturated rings. The van der Waals surface area contributed by atoms with Crippen molar-refractivity contribution in [1.82, 2.24) is 5.32 Å². The van der Waals surface area contributed by atoms with Crippen LogP contribution in [0.2, 0.25) is 0 Å². The first kappa shape index (κ1) is 18.7. The number of hydrogen-bond donors (Lipinski definition) is 1. The van der Waals surface area contributed by atoms with Crippen LogP contribution in [0.1, 0.15) is 23.1 Å². The van der Waals surface area contributed by atoms with Crippen molar-refractivity contribution in [2.45, 2.75) is 25.9 Å². The highest BCUT2D eigenvalue weighted by Gasteiger charge is 2.02. The number of carbonyl (C=O) groups excluding carboxylic acids is 1. The first-order valence-corrected chi connectivity index (χ1v) is 9.36. The van der Waals surface area contributed by atoms with Crippen LogP contribution >= 0.6 is 0 Å². The molecule has 0 saturated carbocycles. The summed E-state index contributed by atoms with van der Waals surface area (Å²) in [4.78, 5) is 11.9. The Morgan fingerprint density at radius 3 is 1.96 bits per heavy atom. The van der Waals surface area contributed by atoms with Crippen LogP contribution in [0.3, 0.4) is 0 Å². The lowest BCUT2D eigenvalue weighted by Crippen LogP contribution is -2.25. The van der Waals surface area contributed by atoms with Crippen LogP contribution in [0.4, 0.5) is 0 Å². The van der Waals surface area contributed by atoms with E-state index >= 15 is 0 Å². The van der Waals surface area contributed by atoms with E-state index in [0.29, 0.717) is 19.6 Å². The minimum Gasteiger partial charge on any atom is -0.489 e. The second-order valence-corrected chi connectivity index (χ2v) is 6.50. The third-order valence-electron chi connectivity index (χ3n) is 4.39. The molecular formula is C24H25NO2. The average Bonchev–Trinajstić information content (AvgIpc) is 2.73. The Labute approximate surface area is 161 Å². The molecule has 0 aliphatic rings. The summed E-state index contributed by atoms with van der Waals surface area (Å²) >= 11 is 0. The van der Waals surface area contributed by atoms with E-state index in [1.54, 1.807) is 0 Å². The van der Waals surface area contributed by atoms with Gasteiger partial charge in [0.05, 0.1) is 0 Å². The highest BCUT2D eigenvalue weighted by molar-refractivity contribution is 5.76. The molecule has 1 amide bonds. The highest BCUT2D eigenvalue weighted by Crippen LogP contribution is 2.14. The summed E-state index contributed by atoms with van der Waals surface area (Å²) < 4.78 is 5.79. The topological polar surface area (TPSA) is 38.3 Å². The van der Waals surface area contributed by atoms with Gasteiger partial charge in [-0.3, -0.25) is 4.79 Å². The van der Waals surface area contributed by atoms with E-state index < -0.39 is 0 Å². The van der Waals surface area contributed by atoms with Gasteiger partial charge in [-0.05, 0) is 41.7 Å². The van der Waals surface area contributed by atoms with E-state index in [1.807, 2.05) is 48.5 Å². The fourth-order valence-electron chi connectivity index (χ4n) is 2.83. The van der Waals surface area contributed by atoms with Gasteiger partial charge >= 0.3 is 0 Å². The van der Waals surface area contributed by atoms with Crippen molar-refractivity contribution in [1.29, 1.82) is 0 Å². The fraction of sp³-hybridized carbons (Fsp3) is 0.208. The summed E-state index contributed by atoms with van der Waals surface area (Å²) in [6.07, 6.45) is 2.12. The van der Waals surface area contributed by atoms with Crippen molar-refractivity contribution in [2.24, 2.45) is 0 Å². The largest absolute Gasteiger partial charge is 0.489 e. The van der Waals surface area contributed by atoms with Crippen molar-refractivity contribution < 1.29 is 9.53 Å². The monoisotopic (exact) mass is 359 g/mol. The van der Waals surface area contributed by atoms with Gasteiger partial charge in [0.25, 0.3) is 0 Å². The van der Waals surface area contributed by atoms with Crippen LogP contribution < -0.4 is 10.1 Å². The molecule has 0 aliphatic carbocycles. The number of amides is 1. The van der Waals surface area contributed by atoms with Gasteiger partial charge in [0.15, 0.2) is 0 Å². The zero-order valence-corrected chi connectivity index (χ0v) is 15.4. The standard InChI is InChI=1S/C24H25NO2/c26-24(16-13-20-7-3-1-4-8-20)25-18-17-21-11-14-23(15-12-21)27-19-22-9-5-2-6-10-22/h1-12,14-15H,13,16-19H2,(H,25,26). The second-order valence-electron chi connectivity index (χ2n) is 6.50. The Bertz CT molecular complexity index is 814. The third kappa shape index (κ3) is 6.63. The second kappa shape index (κ2) is 10.2. The first-order valence-electron chi connectivity index (χ1n) is 9.36. The maximum absolute atomic E-state index is 11.9. The molecule has 0 unspecified atom stereocenters. The lowest BCUT2D eigenvalue weighted by Gasteiger charge is -2.08. The van der Waals surface area contributed by atoms with Crippen LogP contribution in [-0.2, 0) is 24.2 Å². The first-order chi connectivity index (χ1) is 13.3. The molecule has 0 saturated heterocycles. The molecule has 3 aromatic carbocycles. The maximum atomic E-state index is 11.9. The molecule has 3 rings (SSSR count). The predicted octanol–water partition coefficient (Wildman–Crippen LogP) is 4.56. The number of ether oxygens (including phenoxy) is 1. The number of carbonyl (C=O) groups is 1. The lowest BCUT2D eigenvalue weighted by atomic mass is 10.1. The lowest BCUT2D eigenvalue weighted by molar-refractivity contribution is -0.121. The molecule has 0 bridgehead atoms. The van der Waals surface area contributed by atoms with E-state index in [0.717, 1.165) is 24.2 Å². The number of hydrogen-bond acceptors (Lipinski definition) is 2. The Kier molecular flexibility index (Phi) is 7.05. The summed E-state index contributed by atoms with van der Waals surface area (Å²) in [5.74, 6) is 0.955. The summed E-state index contributed by atoms with van der Waals surface area (Å²) in [5.41, 5.74) is 3.53. The van der Waals surface area contributed by atoms with Gasteiger partial charge in [-0.1, -0.05) is 72.8 Å². The fourth-order valence-corrected chi connectivity index (χ4v) is 2.83. The molecule has 3 aromatic rings. The predicted molar refractivity (Wildman–Crippen MR) is 109 cm³/mol. The Morgan fingerprint density at radius 2 is 1.30 bits per heavy atom. The molecule has 3 heteroatoms. The summed E-state index contributed by atoms with van der Waals surface area (Å²) in [6.45, 7) is 1.22. The molecule has 0 atom stereocenters. The number of nitrogens with one attached hydrogen (secondary N) is 1. The minimum atomic E-state index is 0.0988. The molecule has 1 N–H and O–H groups in total. The average molecular weight is 359 g/mol. The zero-order valence-electron chi connectivity index (χ0n) is 15.4. The van der Waals surface area contributed by atoms with Gasteiger partial charge in [0.2, 0.25) is 5.91 Å². The van der Waals surface area contributed by atoms with Gasteiger partial charge in [-0.2, -0.15) is 0 Å². The van der Waals surface area contributed by atoms with Crippen LogP contribution in [0.5, 0.6) is 5.75 Å². The maximum Gasteiger partial charge on any atom is 0.220 e. The van der Waals surface area contributed by atoms with Crippen molar-refractivity contribution in [3.63, 3.8) is 0 Å². The van der Waals surface area contributed by atoms with Crippen LogP contribution in [0.15, 0.2) is 84.9 Å².